The number of pyridine rings is 1. The van der Waals surface area contributed by atoms with E-state index in [-0.39, 0.29) is 54.4 Å². The fourth-order valence-corrected chi connectivity index (χ4v) is 6.50. The number of benzene rings is 1. The van der Waals surface area contributed by atoms with Gasteiger partial charge in [-0.05, 0) is 62.7 Å². The van der Waals surface area contributed by atoms with E-state index < -0.39 is 46.7 Å². The molecule has 1 amide bonds. The average molecular weight is 607 g/mol. The van der Waals surface area contributed by atoms with Gasteiger partial charge in [0.25, 0.3) is 0 Å². The summed E-state index contributed by atoms with van der Waals surface area (Å²) < 4.78 is 88.3. The van der Waals surface area contributed by atoms with E-state index >= 15 is 4.39 Å². The molecule has 3 aromatic rings. The average Bonchev–Trinajstić information content (AvgIpc) is 3.22. The molecule has 2 unspecified atom stereocenters. The van der Waals surface area contributed by atoms with Gasteiger partial charge in [-0.3, -0.25) is 0 Å². The summed E-state index contributed by atoms with van der Waals surface area (Å²) in [5, 5.41) is 0.486. The van der Waals surface area contributed by atoms with E-state index in [0.717, 1.165) is 17.3 Å². The Morgan fingerprint density at radius 1 is 1.16 bits per heavy atom. The minimum atomic E-state index is -5.25. The summed E-state index contributed by atoms with van der Waals surface area (Å²) in [5.74, 6) is -3.41. The third kappa shape index (κ3) is 5.07. The summed E-state index contributed by atoms with van der Waals surface area (Å²) in [5.41, 5.74) is 6.16. The minimum absolute atomic E-state index is 0.0294. The summed E-state index contributed by atoms with van der Waals surface area (Å²) in [7, 11) is 0. The predicted molar refractivity (Wildman–Crippen MR) is 148 cm³/mol. The topological polar surface area (TPSA) is 91.8 Å². The van der Waals surface area contributed by atoms with E-state index in [2.05, 4.69) is 16.3 Å². The second kappa shape index (κ2) is 9.83. The molecule has 0 bridgehead atoms. The lowest BCUT2D eigenvalue weighted by atomic mass is 9.97. The molecular formula is C30H31F5N4O4. The number of piperidine rings is 1. The van der Waals surface area contributed by atoms with E-state index in [1.165, 1.54) is 0 Å². The lowest BCUT2D eigenvalue weighted by molar-refractivity contribution is -0.275. The van der Waals surface area contributed by atoms with Gasteiger partial charge in [0, 0.05) is 42.5 Å². The van der Waals surface area contributed by atoms with Crippen LogP contribution in [0.3, 0.4) is 0 Å². The lowest BCUT2D eigenvalue weighted by Gasteiger charge is -2.26. The molecule has 2 aliphatic heterocycles. The number of likely N-dealkylation sites (tertiary alicyclic amines) is 1. The van der Waals surface area contributed by atoms with Crippen LogP contribution in [-0.2, 0) is 22.6 Å². The number of aromatic nitrogens is 2. The van der Waals surface area contributed by atoms with Gasteiger partial charge in [0.2, 0.25) is 0 Å². The standard InChI is InChI=1S/C30H31F5N4O4/c1-13(2)24-22-21(20-16-10-38(11-17(16)20)28(40)43-29(3,4)5)19-12-41-7-6-39(19)26(22)23(32)25(37-24)15-8-14(36)9-18(31)27(15)42-30(33,34)35/h8-9,16-17,20H,1,6-7,10-12,36H2,2-5H3. The number of hydrogen-bond donors (Lipinski definition) is 1. The first-order chi connectivity index (χ1) is 20.1. The first-order valence-corrected chi connectivity index (χ1v) is 13.9. The van der Waals surface area contributed by atoms with Gasteiger partial charge in [-0.15, -0.1) is 13.2 Å². The fraction of sp³-hybridized carbons (Fsp3) is 0.467. The number of hydrogen-bond acceptors (Lipinski definition) is 6. The Morgan fingerprint density at radius 3 is 2.44 bits per heavy atom. The number of nitrogens with zero attached hydrogens (tertiary/aromatic N) is 3. The Kier molecular flexibility index (Phi) is 6.68. The fourth-order valence-electron chi connectivity index (χ4n) is 6.50. The van der Waals surface area contributed by atoms with Crippen molar-refractivity contribution in [2.24, 2.45) is 11.8 Å². The normalized spacial score (nSPS) is 21.5. The van der Waals surface area contributed by atoms with Crippen LogP contribution in [-0.4, -0.2) is 52.2 Å². The number of anilines is 1. The molecular weight excluding hydrogens is 575 g/mol. The molecule has 2 atom stereocenters. The number of nitrogen functional groups attached to an aromatic ring is 1. The molecule has 13 heteroatoms. The number of allylic oxidation sites excluding steroid dienone is 1. The molecule has 2 fully saturated rings. The quantitative estimate of drug-likeness (QED) is 0.266. The van der Waals surface area contributed by atoms with Gasteiger partial charge in [0.05, 0.1) is 30.0 Å². The van der Waals surface area contributed by atoms with Crippen LogP contribution < -0.4 is 10.5 Å². The highest BCUT2D eigenvalue weighted by molar-refractivity contribution is 5.98. The highest BCUT2D eigenvalue weighted by Gasteiger charge is 2.59. The summed E-state index contributed by atoms with van der Waals surface area (Å²) in [4.78, 5) is 18.8. The minimum Gasteiger partial charge on any atom is -0.444 e. The summed E-state index contributed by atoms with van der Waals surface area (Å²) in [6.45, 7) is 12.8. The van der Waals surface area contributed by atoms with Gasteiger partial charge in [-0.25, -0.2) is 18.6 Å². The van der Waals surface area contributed by atoms with E-state index in [4.69, 9.17) is 15.2 Å². The number of ether oxygens (including phenoxy) is 3. The molecule has 1 saturated heterocycles. The van der Waals surface area contributed by atoms with Gasteiger partial charge < -0.3 is 29.4 Å². The predicted octanol–water partition coefficient (Wildman–Crippen LogP) is 6.61. The molecule has 1 aromatic carbocycles. The van der Waals surface area contributed by atoms with Crippen molar-refractivity contribution in [2.75, 3.05) is 25.4 Å². The maximum atomic E-state index is 16.7. The monoisotopic (exact) mass is 606 g/mol. The van der Waals surface area contributed by atoms with Crippen LogP contribution in [0.4, 0.5) is 32.4 Å². The molecule has 230 valence electrons. The van der Waals surface area contributed by atoms with Gasteiger partial charge in [-0.1, -0.05) is 6.58 Å². The van der Waals surface area contributed by atoms with Crippen LogP contribution in [0.25, 0.3) is 27.7 Å². The highest BCUT2D eigenvalue weighted by Crippen LogP contribution is 2.61. The van der Waals surface area contributed by atoms with Crippen LogP contribution in [0, 0.1) is 23.5 Å². The van der Waals surface area contributed by atoms with Crippen LogP contribution in [0.5, 0.6) is 5.75 Å². The zero-order valence-corrected chi connectivity index (χ0v) is 24.1. The van der Waals surface area contributed by atoms with Crippen LogP contribution in [0.15, 0.2) is 18.7 Å². The summed E-state index contributed by atoms with van der Waals surface area (Å²) >= 11 is 0. The van der Waals surface area contributed by atoms with Crippen LogP contribution in [0.2, 0.25) is 0 Å². The van der Waals surface area contributed by atoms with Crippen molar-refractivity contribution in [3.05, 3.63) is 47.3 Å². The molecule has 2 aromatic heterocycles. The Hall–Kier alpha value is -3.87. The lowest BCUT2D eigenvalue weighted by Crippen LogP contribution is -2.37. The van der Waals surface area contributed by atoms with Crippen molar-refractivity contribution in [3.63, 3.8) is 0 Å². The number of carbonyl (C=O) groups excluding carboxylic acids is 1. The Bertz CT molecular complexity index is 1660. The second-order valence-corrected chi connectivity index (χ2v) is 12.4. The van der Waals surface area contributed by atoms with Crippen LogP contribution in [0.1, 0.15) is 50.6 Å². The molecule has 1 saturated carbocycles. The van der Waals surface area contributed by atoms with Crippen molar-refractivity contribution in [2.45, 2.75) is 58.7 Å². The number of amides is 1. The summed E-state index contributed by atoms with van der Waals surface area (Å²) in [6.07, 6.45) is -5.64. The Balaban J connectivity index is 1.50. The number of rotatable bonds is 4. The molecule has 8 nitrogen and oxygen atoms in total. The van der Waals surface area contributed by atoms with Crippen molar-refractivity contribution < 1.29 is 41.0 Å². The smallest absolute Gasteiger partial charge is 0.444 e. The van der Waals surface area contributed by atoms with E-state index in [9.17, 15) is 22.4 Å². The SMILES string of the molecule is C=C(C)c1nc(-c2cc(N)cc(F)c2OC(F)(F)F)c(F)c2c1c(C1C3CN(C(=O)OC(C)(C)C)CC31)c1n2CCOC1. The van der Waals surface area contributed by atoms with Gasteiger partial charge in [-0.2, -0.15) is 0 Å². The molecule has 0 radical (unpaired) electrons. The first-order valence-electron chi connectivity index (χ1n) is 13.9. The second-order valence-electron chi connectivity index (χ2n) is 12.4. The molecule has 6 rings (SSSR count). The third-order valence-electron chi connectivity index (χ3n) is 8.11. The van der Waals surface area contributed by atoms with Crippen molar-refractivity contribution in [1.29, 1.82) is 0 Å². The molecule has 0 spiro atoms. The highest BCUT2D eigenvalue weighted by atomic mass is 19.4. The van der Waals surface area contributed by atoms with Crippen LogP contribution >= 0.6 is 0 Å². The van der Waals surface area contributed by atoms with Gasteiger partial charge in [0.15, 0.2) is 17.4 Å². The van der Waals surface area contributed by atoms with Crippen molar-refractivity contribution in [3.8, 4) is 17.0 Å². The molecule has 4 heterocycles. The zero-order valence-electron chi connectivity index (χ0n) is 24.1. The first kappa shape index (κ1) is 29.2. The number of halogens is 5. The van der Waals surface area contributed by atoms with Gasteiger partial charge >= 0.3 is 12.5 Å². The molecule has 1 aliphatic carbocycles. The maximum Gasteiger partial charge on any atom is 0.573 e. The maximum absolute atomic E-state index is 16.7. The van der Waals surface area contributed by atoms with E-state index in [1.54, 1.807) is 37.2 Å². The van der Waals surface area contributed by atoms with E-state index in [0.29, 0.717) is 30.1 Å². The molecule has 43 heavy (non-hydrogen) atoms. The van der Waals surface area contributed by atoms with Gasteiger partial charge in [0.1, 0.15) is 11.3 Å². The number of carbonyl (C=O) groups is 1. The third-order valence-corrected chi connectivity index (χ3v) is 8.11. The summed E-state index contributed by atoms with van der Waals surface area (Å²) in [6, 6.07) is 1.67. The zero-order chi connectivity index (χ0) is 31.2. The van der Waals surface area contributed by atoms with E-state index in [1.807, 2.05) is 0 Å². The Labute approximate surface area is 244 Å². The number of alkyl halides is 3. The molecule has 3 aliphatic rings. The van der Waals surface area contributed by atoms with Crippen molar-refractivity contribution in [1.82, 2.24) is 14.5 Å². The van der Waals surface area contributed by atoms with Crippen molar-refractivity contribution >= 4 is 28.3 Å². The largest absolute Gasteiger partial charge is 0.573 e. The molecule has 2 N–H and O–H groups in total. The Morgan fingerprint density at radius 2 is 1.84 bits per heavy atom. The number of fused-ring (bicyclic) bond motifs is 4. The number of nitrogens with two attached hydrogens (primary N) is 1.